The second kappa shape index (κ2) is 8.36. The van der Waals surface area contributed by atoms with E-state index in [0.717, 1.165) is 30.3 Å². The quantitative estimate of drug-likeness (QED) is 0.445. The fraction of sp³-hybridized carbons (Fsp3) is 0.188. The number of rotatable bonds is 6. The van der Waals surface area contributed by atoms with Gasteiger partial charge < -0.3 is 9.47 Å². The Labute approximate surface area is 150 Å². The van der Waals surface area contributed by atoms with Crippen molar-refractivity contribution < 1.29 is 32.4 Å². The number of amides is 1. The molecule has 0 heterocycles. The molecule has 0 fully saturated rings. The SMILES string of the molecule is NCOc1cc([N+](=O)[O-])ccc1COC(=O)Nc1ccc(C(F)(F)F)cc1. The minimum absolute atomic E-state index is 0.0778. The molecular weight excluding hydrogens is 371 g/mol. The highest BCUT2D eigenvalue weighted by Crippen LogP contribution is 2.30. The van der Waals surface area contributed by atoms with Crippen LogP contribution in [0.3, 0.4) is 0 Å². The van der Waals surface area contributed by atoms with E-state index < -0.39 is 22.8 Å². The van der Waals surface area contributed by atoms with Gasteiger partial charge in [0.1, 0.15) is 19.1 Å². The smallest absolute Gasteiger partial charge is 0.416 e. The number of halogens is 3. The van der Waals surface area contributed by atoms with Crippen molar-refractivity contribution >= 4 is 17.5 Å². The maximum atomic E-state index is 12.5. The third-order valence-corrected chi connectivity index (χ3v) is 3.32. The predicted octanol–water partition coefficient (Wildman–Crippen LogP) is 3.66. The molecule has 11 heteroatoms. The first-order valence-electron chi connectivity index (χ1n) is 7.42. The summed E-state index contributed by atoms with van der Waals surface area (Å²) >= 11 is 0. The van der Waals surface area contributed by atoms with E-state index in [1.54, 1.807) is 0 Å². The maximum absolute atomic E-state index is 12.5. The lowest BCUT2D eigenvalue weighted by molar-refractivity contribution is -0.385. The van der Waals surface area contributed by atoms with Crippen molar-refractivity contribution in [2.24, 2.45) is 5.73 Å². The Morgan fingerprint density at radius 2 is 1.85 bits per heavy atom. The molecule has 0 aliphatic carbocycles. The molecule has 0 unspecified atom stereocenters. The molecule has 0 aliphatic rings. The average molecular weight is 385 g/mol. The number of nitro groups is 1. The molecule has 1 amide bonds. The van der Waals surface area contributed by atoms with E-state index >= 15 is 0 Å². The molecule has 0 saturated carbocycles. The monoisotopic (exact) mass is 385 g/mol. The highest BCUT2D eigenvalue weighted by molar-refractivity contribution is 5.84. The van der Waals surface area contributed by atoms with Gasteiger partial charge in [0.2, 0.25) is 0 Å². The molecule has 0 bridgehead atoms. The van der Waals surface area contributed by atoms with Crippen molar-refractivity contribution in [2.45, 2.75) is 12.8 Å². The van der Waals surface area contributed by atoms with Crippen LogP contribution in [0.2, 0.25) is 0 Å². The minimum Gasteiger partial charge on any atom is -0.478 e. The number of nitrogens with two attached hydrogens (primary N) is 1. The third-order valence-electron chi connectivity index (χ3n) is 3.32. The van der Waals surface area contributed by atoms with Crippen molar-refractivity contribution in [2.75, 3.05) is 12.0 Å². The van der Waals surface area contributed by atoms with Crippen LogP contribution in [-0.4, -0.2) is 17.7 Å². The zero-order chi connectivity index (χ0) is 20.0. The number of carbonyl (C=O) groups excluding carboxylic acids is 1. The first-order chi connectivity index (χ1) is 12.7. The molecule has 2 aromatic rings. The van der Waals surface area contributed by atoms with Crippen LogP contribution in [0, 0.1) is 10.1 Å². The molecule has 0 aromatic heterocycles. The second-order valence-corrected chi connectivity index (χ2v) is 5.14. The summed E-state index contributed by atoms with van der Waals surface area (Å²) in [6.07, 6.45) is -5.40. The Balaban J connectivity index is 2.00. The molecule has 0 aliphatic heterocycles. The number of nitro benzene ring substituents is 1. The third kappa shape index (κ3) is 5.57. The Hall–Kier alpha value is -3.34. The summed E-state index contributed by atoms with van der Waals surface area (Å²) in [6, 6.07) is 7.49. The molecule has 2 aromatic carbocycles. The molecule has 0 saturated heterocycles. The number of ether oxygens (including phenoxy) is 2. The highest BCUT2D eigenvalue weighted by atomic mass is 19.4. The van der Waals surface area contributed by atoms with Crippen molar-refractivity contribution in [1.29, 1.82) is 0 Å². The van der Waals surface area contributed by atoms with Crippen LogP contribution in [0.4, 0.5) is 29.3 Å². The second-order valence-electron chi connectivity index (χ2n) is 5.14. The summed E-state index contributed by atoms with van der Waals surface area (Å²) < 4.78 is 47.5. The number of benzene rings is 2. The van der Waals surface area contributed by atoms with E-state index in [2.05, 4.69) is 5.32 Å². The Kier molecular flexibility index (Phi) is 6.19. The van der Waals surface area contributed by atoms with Crippen LogP contribution >= 0.6 is 0 Å². The summed E-state index contributed by atoms with van der Waals surface area (Å²) in [5, 5.41) is 13.0. The number of non-ortho nitro benzene ring substituents is 1. The fourth-order valence-corrected chi connectivity index (χ4v) is 2.04. The van der Waals surface area contributed by atoms with Gasteiger partial charge in [-0.05, 0) is 30.3 Å². The van der Waals surface area contributed by atoms with Crippen LogP contribution in [0.5, 0.6) is 5.75 Å². The number of carbonyl (C=O) groups is 1. The Bertz CT molecular complexity index is 825. The number of anilines is 1. The van der Waals surface area contributed by atoms with Crippen molar-refractivity contribution in [3.8, 4) is 5.75 Å². The summed E-state index contributed by atoms with van der Waals surface area (Å²) in [5.74, 6) is 0.0778. The van der Waals surface area contributed by atoms with E-state index in [1.807, 2.05) is 0 Å². The summed E-state index contributed by atoms with van der Waals surface area (Å²) in [6.45, 7) is -0.536. The number of hydrogen-bond donors (Lipinski definition) is 2. The van der Waals surface area contributed by atoms with Gasteiger partial charge in [-0.2, -0.15) is 13.2 Å². The van der Waals surface area contributed by atoms with Crippen molar-refractivity contribution in [1.82, 2.24) is 0 Å². The number of nitrogens with zero attached hydrogens (tertiary/aromatic N) is 1. The van der Waals surface area contributed by atoms with E-state index in [0.29, 0.717) is 5.56 Å². The van der Waals surface area contributed by atoms with Crippen LogP contribution in [0.15, 0.2) is 42.5 Å². The molecule has 0 radical (unpaired) electrons. The van der Waals surface area contributed by atoms with Gasteiger partial charge in [0.05, 0.1) is 16.6 Å². The summed E-state index contributed by atoms with van der Waals surface area (Å²) in [5.41, 5.74) is 4.62. The van der Waals surface area contributed by atoms with Gasteiger partial charge in [-0.1, -0.05) is 0 Å². The maximum Gasteiger partial charge on any atom is 0.416 e. The van der Waals surface area contributed by atoms with Gasteiger partial charge in [-0.25, -0.2) is 4.79 Å². The number of hydrogen-bond acceptors (Lipinski definition) is 6. The van der Waals surface area contributed by atoms with Crippen LogP contribution < -0.4 is 15.8 Å². The van der Waals surface area contributed by atoms with Gasteiger partial charge in [-0.15, -0.1) is 0 Å². The van der Waals surface area contributed by atoms with Crippen molar-refractivity contribution in [3.05, 3.63) is 63.7 Å². The standard InChI is InChI=1S/C16H14F3N3O5/c17-16(18,19)11-2-4-12(5-3-11)21-15(23)26-8-10-1-6-13(22(24)25)7-14(10)27-9-20/h1-7H,8-9,20H2,(H,21,23). The lowest BCUT2D eigenvalue weighted by Crippen LogP contribution is -2.15. The largest absolute Gasteiger partial charge is 0.478 e. The van der Waals surface area contributed by atoms with Crippen LogP contribution in [-0.2, 0) is 17.5 Å². The van der Waals surface area contributed by atoms with Gasteiger partial charge >= 0.3 is 12.3 Å². The van der Waals surface area contributed by atoms with Gasteiger partial charge in [0, 0.05) is 17.3 Å². The average Bonchev–Trinajstić information content (AvgIpc) is 2.60. The first-order valence-corrected chi connectivity index (χ1v) is 7.42. The van der Waals surface area contributed by atoms with Crippen molar-refractivity contribution in [3.63, 3.8) is 0 Å². The van der Waals surface area contributed by atoms with E-state index in [1.165, 1.54) is 12.1 Å². The molecule has 8 nitrogen and oxygen atoms in total. The molecule has 144 valence electrons. The molecular formula is C16H14F3N3O5. The highest BCUT2D eigenvalue weighted by Gasteiger charge is 2.30. The molecule has 2 rings (SSSR count). The lowest BCUT2D eigenvalue weighted by Gasteiger charge is -2.12. The minimum atomic E-state index is -4.48. The van der Waals surface area contributed by atoms with Gasteiger partial charge in [-0.3, -0.25) is 21.2 Å². The van der Waals surface area contributed by atoms with E-state index in [4.69, 9.17) is 15.2 Å². The van der Waals surface area contributed by atoms with Gasteiger partial charge in [0.15, 0.2) is 0 Å². The van der Waals surface area contributed by atoms with Crippen LogP contribution in [0.25, 0.3) is 0 Å². The summed E-state index contributed by atoms with van der Waals surface area (Å²) in [4.78, 5) is 21.9. The zero-order valence-electron chi connectivity index (χ0n) is 13.7. The van der Waals surface area contributed by atoms with E-state index in [9.17, 15) is 28.1 Å². The Morgan fingerprint density at radius 1 is 1.19 bits per heavy atom. The van der Waals surface area contributed by atoms with Gasteiger partial charge in [0.25, 0.3) is 5.69 Å². The lowest BCUT2D eigenvalue weighted by atomic mass is 10.2. The van der Waals surface area contributed by atoms with Crippen LogP contribution in [0.1, 0.15) is 11.1 Å². The normalized spacial score (nSPS) is 11.0. The molecule has 0 atom stereocenters. The molecule has 0 spiro atoms. The first kappa shape index (κ1) is 20.0. The number of alkyl halides is 3. The van der Waals surface area contributed by atoms with E-state index in [-0.39, 0.29) is 30.5 Å². The molecule has 27 heavy (non-hydrogen) atoms. The number of nitrogens with one attached hydrogen (secondary N) is 1. The topological polar surface area (TPSA) is 117 Å². The Morgan fingerprint density at radius 3 is 2.41 bits per heavy atom. The molecule has 3 N–H and O–H groups in total. The zero-order valence-corrected chi connectivity index (χ0v) is 13.7. The predicted molar refractivity (Wildman–Crippen MR) is 88.0 cm³/mol. The summed E-state index contributed by atoms with van der Waals surface area (Å²) in [7, 11) is 0. The fourth-order valence-electron chi connectivity index (χ4n) is 2.04.